The van der Waals surface area contributed by atoms with E-state index in [1.807, 2.05) is 0 Å². The summed E-state index contributed by atoms with van der Waals surface area (Å²) in [7, 11) is 3.15. The average Bonchev–Trinajstić information content (AvgIpc) is 2.67. The van der Waals surface area contributed by atoms with Gasteiger partial charge in [-0.3, -0.25) is 0 Å². The molecule has 152 valence electrons. The summed E-state index contributed by atoms with van der Waals surface area (Å²) in [6.07, 6.45) is -4.78. The quantitative estimate of drug-likeness (QED) is 0.545. The minimum absolute atomic E-state index is 0.271. The highest BCUT2D eigenvalue weighted by atomic mass is 35.5. The van der Waals surface area contributed by atoms with Crippen LogP contribution in [0.3, 0.4) is 0 Å². The Hall–Kier alpha value is -3.20. The zero-order chi connectivity index (χ0) is 21.0. The number of halogens is 4. The second-order valence-corrected chi connectivity index (χ2v) is 6.19. The van der Waals surface area contributed by atoms with Crippen LogP contribution in [-0.4, -0.2) is 30.5 Å². The Morgan fingerprint density at radius 3 is 2.52 bits per heavy atom. The summed E-state index contributed by atoms with van der Waals surface area (Å²) in [5.41, 5.74) is 1.38. The van der Waals surface area contributed by atoms with Crippen molar-refractivity contribution in [1.82, 2.24) is 9.97 Å². The first kappa shape index (κ1) is 20.5. The lowest BCUT2D eigenvalue weighted by atomic mass is 10.1. The molecule has 0 aliphatic heterocycles. The van der Waals surface area contributed by atoms with Gasteiger partial charge in [0.25, 0.3) is 0 Å². The van der Waals surface area contributed by atoms with Crippen LogP contribution in [0.5, 0.6) is 11.5 Å². The highest BCUT2D eigenvalue weighted by Gasteiger charge is 2.31. The molecule has 3 aromatic rings. The van der Waals surface area contributed by atoms with Crippen LogP contribution < -0.4 is 20.1 Å². The summed E-state index contributed by atoms with van der Waals surface area (Å²) < 4.78 is 46.8. The highest BCUT2D eigenvalue weighted by molar-refractivity contribution is 6.31. The topological polar surface area (TPSA) is 68.3 Å². The second-order valence-electron chi connectivity index (χ2n) is 5.76. The molecule has 0 amide bonds. The molecule has 0 saturated heterocycles. The Kier molecular flexibility index (Phi) is 5.97. The summed E-state index contributed by atoms with van der Waals surface area (Å²) in [5.74, 6) is 0.863. The summed E-state index contributed by atoms with van der Waals surface area (Å²) in [5, 5.41) is 6.41. The van der Waals surface area contributed by atoms with Gasteiger partial charge in [-0.2, -0.15) is 4.98 Å². The third kappa shape index (κ3) is 5.41. The maximum Gasteiger partial charge on any atom is 0.573 e. The minimum atomic E-state index is -4.78. The molecule has 10 heteroatoms. The van der Waals surface area contributed by atoms with Crippen molar-refractivity contribution >= 4 is 29.1 Å². The number of alkyl halides is 3. The molecular formula is C19H16ClF3N4O2. The van der Waals surface area contributed by atoms with Crippen LogP contribution in [0.1, 0.15) is 0 Å². The molecule has 3 rings (SSSR count). The molecule has 0 radical (unpaired) electrons. The van der Waals surface area contributed by atoms with Gasteiger partial charge in [-0.25, -0.2) is 4.98 Å². The summed E-state index contributed by atoms with van der Waals surface area (Å²) in [6, 6.07) is 12.2. The number of nitrogens with one attached hydrogen (secondary N) is 2. The van der Waals surface area contributed by atoms with E-state index < -0.39 is 6.36 Å². The van der Waals surface area contributed by atoms with Gasteiger partial charge in [0, 0.05) is 23.7 Å². The molecule has 2 aromatic carbocycles. The van der Waals surface area contributed by atoms with Crippen molar-refractivity contribution in [2.24, 2.45) is 0 Å². The van der Waals surface area contributed by atoms with Gasteiger partial charge in [0.2, 0.25) is 5.95 Å². The first-order chi connectivity index (χ1) is 13.8. The van der Waals surface area contributed by atoms with E-state index in [9.17, 15) is 13.2 Å². The fraction of sp³-hybridized carbons (Fsp3) is 0.158. The number of rotatable bonds is 6. The fourth-order valence-electron chi connectivity index (χ4n) is 2.54. The lowest BCUT2D eigenvalue weighted by Crippen LogP contribution is -2.17. The molecule has 6 nitrogen and oxygen atoms in total. The number of ether oxygens (including phenoxy) is 2. The van der Waals surface area contributed by atoms with Gasteiger partial charge in [0.1, 0.15) is 17.3 Å². The number of hydrogen-bond acceptors (Lipinski definition) is 6. The first-order valence-corrected chi connectivity index (χ1v) is 8.69. The van der Waals surface area contributed by atoms with E-state index in [-0.39, 0.29) is 11.7 Å². The SMILES string of the molecule is CNc1nc(Nc2cc(Cl)ccc2OC)cc(-c2cccc(OC(F)(F)F)c2)n1. The predicted octanol–water partition coefficient (Wildman–Crippen LogP) is 5.49. The van der Waals surface area contributed by atoms with Crippen molar-refractivity contribution < 1.29 is 22.6 Å². The molecule has 1 aromatic heterocycles. The minimum Gasteiger partial charge on any atom is -0.495 e. The van der Waals surface area contributed by atoms with Crippen LogP contribution in [0.15, 0.2) is 48.5 Å². The largest absolute Gasteiger partial charge is 0.573 e. The standard InChI is InChI=1S/C19H16ClF3N4O2/c1-24-18-26-14(11-4-3-5-13(8-11)29-19(21,22)23)10-17(27-18)25-15-9-12(20)6-7-16(15)28-2/h3-10H,1-2H3,(H2,24,25,26,27). The maximum absolute atomic E-state index is 12.5. The van der Waals surface area contributed by atoms with E-state index in [1.54, 1.807) is 37.4 Å². The third-order valence-electron chi connectivity index (χ3n) is 3.74. The van der Waals surface area contributed by atoms with Crippen molar-refractivity contribution in [1.29, 1.82) is 0 Å². The van der Waals surface area contributed by atoms with Crippen LogP contribution in [0, 0.1) is 0 Å². The lowest BCUT2D eigenvalue weighted by molar-refractivity contribution is -0.274. The van der Waals surface area contributed by atoms with Gasteiger partial charge in [0.05, 0.1) is 18.5 Å². The monoisotopic (exact) mass is 424 g/mol. The van der Waals surface area contributed by atoms with Crippen molar-refractivity contribution in [3.05, 3.63) is 53.6 Å². The van der Waals surface area contributed by atoms with Crippen LogP contribution in [0.4, 0.5) is 30.6 Å². The predicted molar refractivity (Wildman–Crippen MR) is 105 cm³/mol. The van der Waals surface area contributed by atoms with Gasteiger partial charge in [-0.05, 0) is 30.3 Å². The second kappa shape index (κ2) is 8.44. The van der Waals surface area contributed by atoms with Crippen molar-refractivity contribution in [2.75, 3.05) is 24.8 Å². The molecule has 0 fully saturated rings. The van der Waals surface area contributed by atoms with Crippen LogP contribution in [0.25, 0.3) is 11.3 Å². The molecule has 0 aliphatic rings. The number of nitrogens with zero attached hydrogens (tertiary/aromatic N) is 2. The van der Waals surface area contributed by atoms with Crippen molar-refractivity contribution in [2.45, 2.75) is 6.36 Å². The number of methoxy groups -OCH3 is 1. The Balaban J connectivity index is 1.98. The van der Waals surface area contributed by atoms with Gasteiger partial charge >= 0.3 is 6.36 Å². The molecule has 0 aliphatic carbocycles. The lowest BCUT2D eigenvalue weighted by Gasteiger charge is -2.14. The smallest absolute Gasteiger partial charge is 0.495 e. The van der Waals surface area contributed by atoms with E-state index in [0.717, 1.165) is 0 Å². The molecular weight excluding hydrogens is 409 g/mol. The Bertz CT molecular complexity index is 1010. The third-order valence-corrected chi connectivity index (χ3v) is 3.97. The fourth-order valence-corrected chi connectivity index (χ4v) is 2.71. The number of benzene rings is 2. The van der Waals surface area contributed by atoms with Gasteiger partial charge < -0.3 is 20.1 Å². The van der Waals surface area contributed by atoms with E-state index in [0.29, 0.717) is 33.5 Å². The molecule has 1 heterocycles. The van der Waals surface area contributed by atoms with E-state index in [4.69, 9.17) is 16.3 Å². The van der Waals surface area contributed by atoms with E-state index >= 15 is 0 Å². The average molecular weight is 425 g/mol. The van der Waals surface area contributed by atoms with Crippen molar-refractivity contribution in [3.63, 3.8) is 0 Å². The maximum atomic E-state index is 12.5. The van der Waals surface area contributed by atoms with Gasteiger partial charge in [0.15, 0.2) is 0 Å². The van der Waals surface area contributed by atoms with Crippen LogP contribution in [-0.2, 0) is 0 Å². The molecule has 2 N–H and O–H groups in total. The highest BCUT2D eigenvalue weighted by Crippen LogP contribution is 2.32. The summed E-state index contributed by atoms with van der Waals surface area (Å²) in [4.78, 5) is 8.62. The van der Waals surface area contributed by atoms with Crippen molar-refractivity contribution in [3.8, 4) is 22.8 Å². The Morgan fingerprint density at radius 2 is 1.83 bits per heavy atom. The summed E-state index contributed by atoms with van der Waals surface area (Å²) in [6.45, 7) is 0. The molecule has 0 unspecified atom stereocenters. The molecule has 0 saturated carbocycles. The Morgan fingerprint density at radius 1 is 1.03 bits per heavy atom. The van der Waals surface area contributed by atoms with Gasteiger partial charge in [-0.1, -0.05) is 23.7 Å². The number of aromatic nitrogens is 2. The summed E-state index contributed by atoms with van der Waals surface area (Å²) >= 11 is 6.05. The molecule has 29 heavy (non-hydrogen) atoms. The van der Waals surface area contributed by atoms with E-state index in [2.05, 4.69) is 25.3 Å². The molecule has 0 spiro atoms. The number of hydrogen-bond donors (Lipinski definition) is 2. The zero-order valence-electron chi connectivity index (χ0n) is 15.3. The normalized spacial score (nSPS) is 11.1. The van der Waals surface area contributed by atoms with Gasteiger partial charge in [-0.15, -0.1) is 13.2 Å². The van der Waals surface area contributed by atoms with E-state index in [1.165, 1.54) is 25.3 Å². The van der Waals surface area contributed by atoms with Crippen LogP contribution in [0.2, 0.25) is 5.02 Å². The zero-order valence-corrected chi connectivity index (χ0v) is 16.1. The number of anilines is 3. The Labute approximate surface area is 169 Å². The van der Waals surface area contributed by atoms with Crippen LogP contribution >= 0.6 is 11.6 Å². The first-order valence-electron chi connectivity index (χ1n) is 8.31. The molecule has 0 bridgehead atoms. The molecule has 0 atom stereocenters.